The van der Waals surface area contributed by atoms with Crippen LogP contribution in [0.2, 0.25) is 0 Å². The van der Waals surface area contributed by atoms with E-state index in [1.807, 2.05) is 18.2 Å². The molecule has 0 atom stereocenters. The van der Waals surface area contributed by atoms with Gasteiger partial charge in [-0.05, 0) is 18.2 Å². The zero-order valence-electron chi connectivity index (χ0n) is 15.2. The summed E-state index contributed by atoms with van der Waals surface area (Å²) in [7, 11) is 3.04. The van der Waals surface area contributed by atoms with Crippen molar-refractivity contribution in [2.75, 3.05) is 26.9 Å². The first-order valence-corrected chi connectivity index (χ1v) is 8.55. The lowest BCUT2D eigenvalue weighted by molar-refractivity contribution is -0.134. The van der Waals surface area contributed by atoms with E-state index in [1.165, 1.54) is 19.3 Å². The van der Waals surface area contributed by atoms with Crippen LogP contribution >= 0.6 is 0 Å². The molecule has 142 valence electrons. The van der Waals surface area contributed by atoms with Crippen LogP contribution in [0.3, 0.4) is 0 Å². The Bertz CT molecular complexity index is 872. The van der Waals surface area contributed by atoms with E-state index in [9.17, 15) is 9.59 Å². The van der Waals surface area contributed by atoms with Crippen LogP contribution in [0.5, 0.6) is 11.5 Å². The average molecular weight is 371 g/mol. The van der Waals surface area contributed by atoms with Gasteiger partial charge in [-0.25, -0.2) is 4.79 Å². The van der Waals surface area contributed by atoms with E-state index < -0.39 is 5.97 Å². The Balaban J connectivity index is 1.79. The first-order valence-electron chi connectivity index (χ1n) is 8.55. The molecule has 8 nitrogen and oxygen atoms in total. The van der Waals surface area contributed by atoms with Crippen molar-refractivity contribution in [2.24, 2.45) is 7.05 Å². The smallest absolute Gasteiger partial charge is 0.330 e. The first kappa shape index (κ1) is 18.5. The van der Waals surface area contributed by atoms with Gasteiger partial charge in [0.1, 0.15) is 5.69 Å². The predicted octanol–water partition coefficient (Wildman–Crippen LogP) is 1.71. The number of methoxy groups -OCH3 is 1. The Labute approximate surface area is 156 Å². The third-order valence-corrected chi connectivity index (χ3v) is 3.93. The summed E-state index contributed by atoms with van der Waals surface area (Å²) < 4.78 is 17.4. The number of esters is 1. The van der Waals surface area contributed by atoms with Gasteiger partial charge in [-0.3, -0.25) is 9.48 Å². The number of ether oxygens (including phenoxy) is 3. The highest BCUT2D eigenvalue weighted by Crippen LogP contribution is 2.34. The van der Waals surface area contributed by atoms with Gasteiger partial charge in [0.2, 0.25) is 0 Å². The maximum Gasteiger partial charge on any atom is 0.330 e. The maximum absolute atomic E-state index is 12.5. The number of carbonyl (C=O) groups excluding carboxylic acids is 2. The van der Waals surface area contributed by atoms with Gasteiger partial charge in [0.05, 0.1) is 25.9 Å². The van der Waals surface area contributed by atoms with Gasteiger partial charge in [-0.15, -0.1) is 0 Å². The Morgan fingerprint density at radius 3 is 2.85 bits per heavy atom. The molecule has 0 saturated carbocycles. The summed E-state index contributed by atoms with van der Waals surface area (Å²) in [6.07, 6.45) is 5.25. The van der Waals surface area contributed by atoms with Crippen LogP contribution in [0.4, 0.5) is 0 Å². The number of hydrogen-bond acceptors (Lipinski definition) is 6. The second-order valence-electron chi connectivity index (χ2n) is 5.91. The minimum atomic E-state index is -0.474. The molecule has 1 aliphatic heterocycles. The van der Waals surface area contributed by atoms with Crippen molar-refractivity contribution >= 4 is 11.9 Å². The monoisotopic (exact) mass is 371 g/mol. The average Bonchev–Trinajstić information content (AvgIpc) is 2.91. The van der Waals surface area contributed by atoms with E-state index in [-0.39, 0.29) is 12.5 Å². The fraction of sp³-hybridized carbons (Fsp3) is 0.316. The van der Waals surface area contributed by atoms with Crippen LogP contribution in [0.1, 0.15) is 16.8 Å². The van der Waals surface area contributed by atoms with Gasteiger partial charge in [0.15, 0.2) is 11.5 Å². The Kier molecular flexibility index (Phi) is 5.75. The molecule has 27 heavy (non-hydrogen) atoms. The number of carbonyl (C=O) groups is 2. The van der Waals surface area contributed by atoms with E-state index in [4.69, 9.17) is 9.47 Å². The lowest BCUT2D eigenvalue weighted by atomic mass is 10.1. The molecule has 0 saturated heterocycles. The number of nitrogens with one attached hydrogen (secondary N) is 1. The summed E-state index contributed by atoms with van der Waals surface area (Å²) >= 11 is 0. The molecule has 0 fully saturated rings. The molecular formula is C19H21N3O5. The number of rotatable bonds is 5. The lowest BCUT2D eigenvalue weighted by Crippen LogP contribution is -2.23. The second kappa shape index (κ2) is 8.39. The quantitative estimate of drug-likeness (QED) is 0.635. The largest absolute Gasteiger partial charge is 0.490 e. The molecule has 1 aromatic heterocycles. The number of amides is 1. The van der Waals surface area contributed by atoms with Crippen molar-refractivity contribution in [1.82, 2.24) is 15.1 Å². The van der Waals surface area contributed by atoms with Gasteiger partial charge in [-0.2, -0.15) is 5.10 Å². The van der Waals surface area contributed by atoms with Crippen LogP contribution in [0, 0.1) is 0 Å². The molecule has 0 bridgehead atoms. The molecule has 8 heteroatoms. The number of hydrogen-bond donors (Lipinski definition) is 1. The molecule has 0 unspecified atom stereocenters. The highest BCUT2D eigenvalue weighted by atomic mass is 16.5. The Hall–Kier alpha value is -3.29. The summed E-state index contributed by atoms with van der Waals surface area (Å²) in [6, 6.07) is 5.51. The molecule has 1 aromatic carbocycles. The Morgan fingerprint density at radius 2 is 2.07 bits per heavy atom. The predicted molar refractivity (Wildman–Crippen MR) is 97.7 cm³/mol. The summed E-state index contributed by atoms with van der Waals surface area (Å²) in [5.41, 5.74) is 1.73. The van der Waals surface area contributed by atoms with E-state index >= 15 is 0 Å². The van der Waals surface area contributed by atoms with E-state index in [2.05, 4.69) is 15.2 Å². The van der Waals surface area contributed by atoms with Crippen molar-refractivity contribution in [2.45, 2.75) is 6.42 Å². The molecule has 2 heterocycles. The van der Waals surface area contributed by atoms with Crippen LogP contribution in [0.15, 0.2) is 36.5 Å². The third-order valence-electron chi connectivity index (χ3n) is 3.93. The van der Waals surface area contributed by atoms with Crippen molar-refractivity contribution in [3.8, 4) is 22.8 Å². The molecule has 2 aromatic rings. The summed E-state index contributed by atoms with van der Waals surface area (Å²) in [5, 5.41) is 7.14. The lowest BCUT2D eigenvalue weighted by Gasteiger charge is -2.09. The molecule has 1 amide bonds. The SMILES string of the molecule is COC(=O)/C=C/CNC(=O)c1cn(C)nc1-c1ccc2c(c1)OCCCO2. The zero-order valence-corrected chi connectivity index (χ0v) is 15.2. The zero-order chi connectivity index (χ0) is 19.2. The van der Waals surface area contributed by atoms with Gasteiger partial charge >= 0.3 is 5.97 Å². The van der Waals surface area contributed by atoms with E-state index in [0.717, 1.165) is 12.0 Å². The van der Waals surface area contributed by atoms with E-state index in [1.54, 1.807) is 17.9 Å². The molecule has 1 aliphatic rings. The molecule has 0 aliphatic carbocycles. The molecular weight excluding hydrogens is 350 g/mol. The van der Waals surface area contributed by atoms with Crippen molar-refractivity contribution < 1.29 is 23.8 Å². The van der Waals surface area contributed by atoms with Gasteiger partial charge in [0, 0.05) is 37.8 Å². The standard InChI is InChI=1S/C19H21N3O5/c1-22-12-14(19(24)20-8-3-5-17(23)25-2)18(21-22)13-6-7-15-16(11-13)27-10-4-9-26-15/h3,5-7,11-12H,4,8-10H2,1-2H3,(H,20,24)/b5-3+. The fourth-order valence-electron chi connectivity index (χ4n) is 2.65. The van der Waals surface area contributed by atoms with Crippen molar-refractivity contribution in [3.63, 3.8) is 0 Å². The van der Waals surface area contributed by atoms with Gasteiger partial charge in [0.25, 0.3) is 5.91 Å². The minimum absolute atomic E-state index is 0.198. The van der Waals surface area contributed by atoms with Crippen molar-refractivity contribution in [3.05, 3.63) is 42.1 Å². The maximum atomic E-state index is 12.5. The molecule has 3 rings (SSSR count). The molecule has 1 N–H and O–H groups in total. The van der Waals surface area contributed by atoms with Crippen LogP contribution in [-0.4, -0.2) is 48.5 Å². The number of benzene rings is 1. The first-order chi connectivity index (χ1) is 13.1. The Morgan fingerprint density at radius 1 is 1.30 bits per heavy atom. The van der Waals surface area contributed by atoms with Crippen LogP contribution in [0.25, 0.3) is 11.3 Å². The number of fused-ring (bicyclic) bond motifs is 1. The topological polar surface area (TPSA) is 91.7 Å². The third kappa shape index (κ3) is 4.46. The minimum Gasteiger partial charge on any atom is -0.490 e. The summed E-state index contributed by atoms with van der Waals surface area (Å²) in [4.78, 5) is 23.6. The number of nitrogens with zero attached hydrogens (tertiary/aromatic N) is 2. The summed E-state index contributed by atoms with van der Waals surface area (Å²) in [6.45, 7) is 1.39. The fourth-order valence-corrected chi connectivity index (χ4v) is 2.65. The highest BCUT2D eigenvalue weighted by molar-refractivity contribution is 6.00. The highest BCUT2D eigenvalue weighted by Gasteiger charge is 2.19. The van der Waals surface area contributed by atoms with Crippen LogP contribution < -0.4 is 14.8 Å². The van der Waals surface area contributed by atoms with E-state index in [0.29, 0.717) is 36.0 Å². The van der Waals surface area contributed by atoms with Crippen molar-refractivity contribution in [1.29, 1.82) is 0 Å². The normalized spacial score (nSPS) is 13.3. The van der Waals surface area contributed by atoms with Crippen LogP contribution in [-0.2, 0) is 16.6 Å². The number of aryl methyl sites for hydroxylation is 1. The summed E-state index contributed by atoms with van der Waals surface area (Å²) in [5.74, 6) is 0.562. The number of aromatic nitrogens is 2. The molecule has 0 radical (unpaired) electrons. The van der Waals surface area contributed by atoms with Gasteiger partial charge < -0.3 is 19.5 Å². The molecule has 0 spiro atoms. The second-order valence-corrected chi connectivity index (χ2v) is 5.91. The van der Waals surface area contributed by atoms with Gasteiger partial charge in [-0.1, -0.05) is 6.08 Å².